The predicted molar refractivity (Wildman–Crippen MR) is 42.6 cm³/mol. The summed E-state index contributed by atoms with van der Waals surface area (Å²) in [7, 11) is 0. The van der Waals surface area contributed by atoms with Crippen LogP contribution in [0.25, 0.3) is 0 Å². The Labute approximate surface area is 69.4 Å². The second-order valence-corrected chi connectivity index (χ2v) is 2.73. The molecule has 0 spiro atoms. The van der Waals surface area contributed by atoms with Crippen LogP contribution in [0.5, 0.6) is 5.75 Å². The molecular weight excluding hydrogens is 167 g/mol. The zero-order valence-corrected chi connectivity index (χ0v) is 6.77. The van der Waals surface area contributed by atoms with Gasteiger partial charge in [-0.05, 0) is 24.6 Å². The molecule has 0 aliphatic rings. The van der Waals surface area contributed by atoms with Gasteiger partial charge in [-0.25, -0.2) is 4.39 Å². The molecule has 1 atom stereocenters. The van der Waals surface area contributed by atoms with Gasteiger partial charge in [-0.1, -0.05) is 17.7 Å². The third-order valence-electron chi connectivity index (χ3n) is 1.43. The van der Waals surface area contributed by atoms with Crippen molar-refractivity contribution in [1.82, 2.24) is 0 Å². The molecule has 0 aliphatic carbocycles. The van der Waals surface area contributed by atoms with Crippen LogP contribution < -0.4 is 0 Å². The molecule has 0 aromatic heterocycles. The first-order valence-corrected chi connectivity index (χ1v) is 3.61. The molecule has 0 aliphatic heterocycles. The van der Waals surface area contributed by atoms with Gasteiger partial charge in [-0.3, -0.25) is 0 Å². The summed E-state index contributed by atoms with van der Waals surface area (Å²) < 4.78 is 12.6. The Morgan fingerprint density at radius 3 is 2.64 bits per heavy atom. The average molecular weight is 175 g/mol. The number of halogens is 2. The number of benzene rings is 1. The fourth-order valence-corrected chi connectivity index (χ4v) is 0.960. The van der Waals surface area contributed by atoms with E-state index in [0.717, 1.165) is 0 Å². The molecule has 1 nitrogen and oxygen atoms in total. The molecule has 1 N–H and O–H groups in total. The van der Waals surface area contributed by atoms with Gasteiger partial charge in [0.2, 0.25) is 0 Å². The van der Waals surface area contributed by atoms with E-state index in [1.165, 1.54) is 25.1 Å². The summed E-state index contributed by atoms with van der Waals surface area (Å²) in [6, 6.07) is 4.31. The van der Waals surface area contributed by atoms with Gasteiger partial charge in [-0.15, -0.1) is 0 Å². The quantitative estimate of drug-likeness (QED) is 0.694. The molecule has 0 amide bonds. The maximum absolute atomic E-state index is 12.6. The zero-order chi connectivity index (χ0) is 8.43. The minimum Gasteiger partial charge on any atom is -0.506 e. The van der Waals surface area contributed by atoms with E-state index in [4.69, 9.17) is 16.7 Å². The first-order valence-electron chi connectivity index (χ1n) is 3.23. The molecule has 3 heteroatoms. The van der Waals surface area contributed by atoms with Crippen LogP contribution >= 0.6 is 11.6 Å². The van der Waals surface area contributed by atoms with Gasteiger partial charge in [0, 0.05) is 0 Å². The van der Waals surface area contributed by atoms with Crippen molar-refractivity contribution in [3.63, 3.8) is 0 Å². The lowest BCUT2D eigenvalue weighted by Crippen LogP contribution is -1.83. The highest BCUT2D eigenvalue weighted by Gasteiger charge is 2.04. The minimum absolute atomic E-state index is 0.0175. The monoisotopic (exact) mass is 174 g/mol. The van der Waals surface area contributed by atoms with Crippen molar-refractivity contribution in [2.24, 2.45) is 0 Å². The Kier molecular flexibility index (Phi) is 2.35. The van der Waals surface area contributed by atoms with Crippen molar-refractivity contribution in [3.8, 4) is 5.75 Å². The van der Waals surface area contributed by atoms with Gasteiger partial charge in [0.15, 0.2) is 0 Å². The van der Waals surface area contributed by atoms with Gasteiger partial charge in [-0.2, -0.15) is 0 Å². The number of alkyl halides is 1. The first-order chi connectivity index (χ1) is 5.11. The molecule has 60 valence electrons. The molecule has 1 aromatic rings. The minimum atomic E-state index is -1.05. The normalized spacial score (nSPS) is 13.0. The Morgan fingerprint density at radius 1 is 1.55 bits per heavy atom. The van der Waals surface area contributed by atoms with Crippen LogP contribution in [0.15, 0.2) is 18.2 Å². The molecule has 0 heterocycles. The van der Waals surface area contributed by atoms with E-state index in [1.54, 1.807) is 0 Å². The van der Waals surface area contributed by atoms with Crippen molar-refractivity contribution in [3.05, 3.63) is 28.8 Å². The highest BCUT2D eigenvalue weighted by molar-refractivity contribution is 6.32. The van der Waals surface area contributed by atoms with Crippen molar-refractivity contribution >= 4 is 11.6 Å². The van der Waals surface area contributed by atoms with E-state index in [1.807, 2.05) is 0 Å². The Morgan fingerprint density at radius 2 is 2.18 bits per heavy atom. The number of hydrogen-bond donors (Lipinski definition) is 1. The zero-order valence-electron chi connectivity index (χ0n) is 6.01. The van der Waals surface area contributed by atoms with E-state index in [9.17, 15) is 4.39 Å². The van der Waals surface area contributed by atoms with Crippen molar-refractivity contribution < 1.29 is 9.50 Å². The van der Waals surface area contributed by atoms with E-state index in [0.29, 0.717) is 5.56 Å². The third kappa shape index (κ3) is 1.84. The highest BCUT2D eigenvalue weighted by Crippen LogP contribution is 2.27. The molecule has 11 heavy (non-hydrogen) atoms. The second kappa shape index (κ2) is 3.09. The highest BCUT2D eigenvalue weighted by atomic mass is 35.5. The van der Waals surface area contributed by atoms with Crippen molar-refractivity contribution in [1.29, 1.82) is 0 Å². The van der Waals surface area contributed by atoms with Crippen LogP contribution in [-0.4, -0.2) is 5.11 Å². The van der Waals surface area contributed by atoms with Crippen molar-refractivity contribution in [2.45, 2.75) is 13.1 Å². The summed E-state index contributed by atoms with van der Waals surface area (Å²) >= 11 is 5.54. The fraction of sp³-hybridized carbons (Fsp3) is 0.250. The summed E-state index contributed by atoms with van der Waals surface area (Å²) in [6.07, 6.45) is -1.05. The smallest absolute Gasteiger partial charge is 0.134 e. The van der Waals surface area contributed by atoms with Gasteiger partial charge in [0.1, 0.15) is 11.9 Å². The molecule has 1 unspecified atom stereocenters. The van der Waals surface area contributed by atoms with Crippen LogP contribution in [0.3, 0.4) is 0 Å². The van der Waals surface area contributed by atoms with Crippen LogP contribution in [0, 0.1) is 0 Å². The molecule has 1 rings (SSSR count). The molecule has 0 radical (unpaired) electrons. The average Bonchev–Trinajstić information content (AvgIpc) is 1.94. The molecule has 1 aromatic carbocycles. The summed E-state index contributed by atoms with van der Waals surface area (Å²) in [4.78, 5) is 0. The Hall–Kier alpha value is -0.760. The van der Waals surface area contributed by atoms with Crippen molar-refractivity contribution in [2.75, 3.05) is 0 Å². The summed E-state index contributed by atoms with van der Waals surface area (Å²) in [6.45, 7) is 1.42. The van der Waals surface area contributed by atoms with Crippen LogP contribution in [0.4, 0.5) is 4.39 Å². The standard InChI is InChI=1S/C8H8ClFO/c1-5(10)6-2-3-8(11)7(9)4-6/h2-5,11H,1H3. The summed E-state index contributed by atoms with van der Waals surface area (Å²) in [5.41, 5.74) is 0.479. The summed E-state index contributed by atoms with van der Waals surface area (Å²) in [5.74, 6) is -0.0175. The number of rotatable bonds is 1. The number of phenolic OH excluding ortho intramolecular Hbond substituents is 1. The maximum atomic E-state index is 12.6. The third-order valence-corrected chi connectivity index (χ3v) is 1.73. The molecule has 0 fully saturated rings. The fourth-order valence-electron chi connectivity index (χ4n) is 0.771. The second-order valence-electron chi connectivity index (χ2n) is 2.33. The lowest BCUT2D eigenvalue weighted by atomic mass is 10.1. The number of hydrogen-bond acceptors (Lipinski definition) is 1. The molecule has 0 bridgehead atoms. The molecular formula is C8H8ClFO. The lowest BCUT2D eigenvalue weighted by Gasteiger charge is -2.02. The number of aromatic hydroxyl groups is 1. The van der Waals surface area contributed by atoms with Crippen LogP contribution in [0.1, 0.15) is 18.7 Å². The van der Waals surface area contributed by atoms with Gasteiger partial charge in [0.05, 0.1) is 5.02 Å². The van der Waals surface area contributed by atoms with Gasteiger partial charge < -0.3 is 5.11 Å². The Bertz CT molecular complexity index is 260. The van der Waals surface area contributed by atoms with Gasteiger partial charge >= 0.3 is 0 Å². The first kappa shape index (κ1) is 8.34. The van der Waals surface area contributed by atoms with E-state index in [-0.39, 0.29) is 10.8 Å². The van der Waals surface area contributed by atoms with E-state index >= 15 is 0 Å². The van der Waals surface area contributed by atoms with Crippen LogP contribution in [0.2, 0.25) is 5.02 Å². The maximum Gasteiger partial charge on any atom is 0.134 e. The van der Waals surface area contributed by atoms with E-state index in [2.05, 4.69) is 0 Å². The lowest BCUT2D eigenvalue weighted by molar-refractivity contribution is 0.373. The molecule has 0 saturated heterocycles. The van der Waals surface area contributed by atoms with E-state index < -0.39 is 6.17 Å². The predicted octanol–water partition coefficient (Wildman–Crippen LogP) is 3.08. The largest absolute Gasteiger partial charge is 0.506 e. The Balaban J connectivity index is 3.05. The topological polar surface area (TPSA) is 20.2 Å². The van der Waals surface area contributed by atoms with Gasteiger partial charge in [0.25, 0.3) is 0 Å². The summed E-state index contributed by atoms with van der Waals surface area (Å²) in [5, 5.41) is 9.16. The SMILES string of the molecule is CC(F)c1ccc(O)c(Cl)c1. The number of phenols is 1. The van der Waals surface area contributed by atoms with Crippen LogP contribution in [-0.2, 0) is 0 Å². The molecule has 0 saturated carbocycles.